The molecule has 0 bridgehead atoms. The predicted octanol–water partition coefficient (Wildman–Crippen LogP) is 2.89. The number of carbonyl (C=O) groups excluding carboxylic acids is 1. The van der Waals surface area contributed by atoms with E-state index in [0.717, 1.165) is 28.9 Å². The highest BCUT2D eigenvalue weighted by molar-refractivity contribution is 5.94. The minimum Gasteiger partial charge on any atom is -0.493 e. The number of methoxy groups -OCH3 is 2. The molecule has 1 N–H and O–H groups in total. The van der Waals surface area contributed by atoms with E-state index in [1.165, 1.54) is 6.33 Å². The topological polar surface area (TPSA) is 82.6 Å². The number of benzene rings is 2. The zero-order chi connectivity index (χ0) is 20.2. The Morgan fingerprint density at radius 1 is 1.14 bits per heavy atom. The van der Waals surface area contributed by atoms with Crippen LogP contribution >= 0.6 is 0 Å². The normalized spacial score (nSPS) is 14.6. The molecule has 0 radical (unpaired) electrons. The van der Waals surface area contributed by atoms with Crippen LogP contribution in [0.4, 0.5) is 0 Å². The standard InChI is InChI=1S/C22H21N3O4/c1-27-19-7-6-15(9-20(19)28-2)22(26)25-12-17-8-14-4-3-5-18(21(14)29-17)16-10-23-13-24-11-16/h3-7,9-11,13,17H,8,12H2,1-2H3,(H,25,26). The summed E-state index contributed by atoms with van der Waals surface area (Å²) in [5.74, 6) is 1.73. The summed E-state index contributed by atoms with van der Waals surface area (Å²) in [5, 5.41) is 2.94. The molecule has 7 heteroatoms. The van der Waals surface area contributed by atoms with Gasteiger partial charge in [0.25, 0.3) is 5.91 Å². The van der Waals surface area contributed by atoms with Gasteiger partial charge in [0.1, 0.15) is 18.2 Å². The monoisotopic (exact) mass is 391 g/mol. The van der Waals surface area contributed by atoms with Gasteiger partial charge < -0.3 is 19.5 Å². The van der Waals surface area contributed by atoms with E-state index in [1.807, 2.05) is 18.2 Å². The number of carbonyl (C=O) groups is 1. The van der Waals surface area contributed by atoms with Crippen LogP contribution in [0.2, 0.25) is 0 Å². The third kappa shape index (κ3) is 3.85. The number of para-hydroxylation sites is 1. The molecule has 4 rings (SSSR count). The molecule has 1 aliphatic rings. The predicted molar refractivity (Wildman–Crippen MR) is 107 cm³/mol. The second-order valence-corrected chi connectivity index (χ2v) is 6.64. The van der Waals surface area contributed by atoms with Crippen molar-refractivity contribution in [2.24, 2.45) is 0 Å². The highest BCUT2D eigenvalue weighted by Crippen LogP contribution is 2.38. The fourth-order valence-electron chi connectivity index (χ4n) is 3.40. The second kappa shape index (κ2) is 8.18. The van der Waals surface area contributed by atoms with Crippen molar-refractivity contribution in [3.63, 3.8) is 0 Å². The van der Waals surface area contributed by atoms with Crippen LogP contribution in [0.15, 0.2) is 55.1 Å². The molecule has 1 unspecified atom stereocenters. The van der Waals surface area contributed by atoms with E-state index in [-0.39, 0.29) is 12.0 Å². The molecule has 2 heterocycles. The Labute approximate surface area is 168 Å². The first kappa shape index (κ1) is 18.7. The fourth-order valence-corrected chi connectivity index (χ4v) is 3.40. The molecule has 0 saturated carbocycles. The molecule has 0 saturated heterocycles. The molecule has 0 aliphatic carbocycles. The minimum atomic E-state index is -0.192. The van der Waals surface area contributed by atoms with E-state index in [9.17, 15) is 4.79 Å². The van der Waals surface area contributed by atoms with Gasteiger partial charge in [0, 0.05) is 35.5 Å². The van der Waals surface area contributed by atoms with Gasteiger partial charge in [-0.15, -0.1) is 0 Å². The number of fused-ring (bicyclic) bond motifs is 1. The molecule has 148 valence electrons. The maximum absolute atomic E-state index is 12.6. The molecular formula is C22H21N3O4. The Morgan fingerprint density at radius 2 is 1.93 bits per heavy atom. The molecule has 0 spiro atoms. The molecule has 2 aromatic carbocycles. The Morgan fingerprint density at radius 3 is 2.69 bits per heavy atom. The van der Waals surface area contributed by atoms with Crippen molar-refractivity contribution in [3.8, 4) is 28.4 Å². The number of rotatable bonds is 6. The molecule has 7 nitrogen and oxygen atoms in total. The first-order valence-electron chi connectivity index (χ1n) is 9.23. The van der Waals surface area contributed by atoms with E-state index in [0.29, 0.717) is 23.6 Å². The summed E-state index contributed by atoms with van der Waals surface area (Å²) in [6, 6.07) is 11.1. The van der Waals surface area contributed by atoms with Crippen molar-refractivity contribution in [3.05, 3.63) is 66.2 Å². The number of ether oxygens (including phenoxy) is 3. The molecule has 29 heavy (non-hydrogen) atoms. The third-order valence-corrected chi connectivity index (χ3v) is 4.84. The largest absolute Gasteiger partial charge is 0.493 e. The first-order chi connectivity index (χ1) is 14.2. The second-order valence-electron chi connectivity index (χ2n) is 6.64. The molecular weight excluding hydrogens is 370 g/mol. The zero-order valence-corrected chi connectivity index (χ0v) is 16.2. The van der Waals surface area contributed by atoms with Crippen molar-refractivity contribution in [1.82, 2.24) is 15.3 Å². The van der Waals surface area contributed by atoms with Crippen LogP contribution in [0.5, 0.6) is 17.2 Å². The Hall–Kier alpha value is -3.61. The minimum absolute atomic E-state index is 0.139. The summed E-state index contributed by atoms with van der Waals surface area (Å²) in [4.78, 5) is 20.7. The van der Waals surface area contributed by atoms with Crippen LogP contribution in [0.1, 0.15) is 15.9 Å². The van der Waals surface area contributed by atoms with Gasteiger partial charge in [-0.2, -0.15) is 0 Å². The smallest absolute Gasteiger partial charge is 0.251 e. The van der Waals surface area contributed by atoms with Gasteiger partial charge in [0.05, 0.1) is 20.8 Å². The summed E-state index contributed by atoms with van der Waals surface area (Å²) in [5.41, 5.74) is 3.47. The van der Waals surface area contributed by atoms with Gasteiger partial charge in [0.15, 0.2) is 11.5 Å². The van der Waals surface area contributed by atoms with Crippen LogP contribution in [0.3, 0.4) is 0 Å². The Balaban J connectivity index is 1.43. The van der Waals surface area contributed by atoms with Crippen molar-refractivity contribution in [2.75, 3.05) is 20.8 Å². The highest BCUT2D eigenvalue weighted by Gasteiger charge is 2.26. The summed E-state index contributed by atoms with van der Waals surface area (Å²) in [6.45, 7) is 0.395. The fraction of sp³-hybridized carbons (Fsp3) is 0.227. The lowest BCUT2D eigenvalue weighted by Gasteiger charge is -2.14. The summed E-state index contributed by atoms with van der Waals surface area (Å²) < 4.78 is 16.6. The van der Waals surface area contributed by atoms with E-state index in [4.69, 9.17) is 14.2 Å². The lowest BCUT2D eigenvalue weighted by molar-refractivity contribution is 0.0933. The number of nitrogens with zero attached hydrogens (tertiary/aromatic N) is 2. The number of aromatic nitrogens is 2. The van der Waals surface area contributed by atoms with Crippen molar-refractivity contribution in [1.29, 1.82) is 0 Å². The summed E-state index contributed by atoms with van der Waals surface area (Å²) in [7, 11) is 3.10. The van der Waals surface area contributed by atoms with Crippen molar-refractivity contribution < 1.29 is 19.0 Å². The molecule has 0 fully saturated rings. The van der Waals surface area contributed by atoms with Gasteiger partial charge in [-0.1, -0.05) is 18.2 Å². The zero-order valence-electron chi connectivity index (χ0n) is 16.2. The number of amides is 1. The Kier molecular flexibility index (Phi) is 5.29. The van der Waals surface area contributed by atoms with Gasteiger partial charge in [0.2, 0.25) is 0 Å². The van der Waals surface area contributed by atoms with E-state index in [1.54, 1.807) is 44.8 Å². The maximum Gasteiger partial charge on any atom is 0.251 e. The molecule has 1 aliphatic heterocycles. The number of hydrogen-bond acceptors (Lipinski definition) is 6. The lowest BCUT2D eigenvalue weighted by atomic mass is 10.0. The van der Waals surface area contributed by atoms with Crippen LogP contribution in [-0.4, -0.2) is 42.7 Å². The van der Waals surface area contributed by atoms with Gasteiger partial charge >= 0.3 is 0 Å². The quantitative estimate of drug-likeness (QED) is 0.696. The van der Waals surface area contributed by atoms with Crippen molar-refractivity contribution >= 4 is 5.91 Å². The Bertz CT molecular complexity index is 1020. The molecule has 1 amide bonds. The first-order valence-corrected chi connectivity index (χ1v) is 9.23. The number of nitrogens with one attached hydrogen (secondary N) is 1. The van der Waals surface area contributed by atoms with Gasteiger partial charge in [-0.25, -0.2) is 9.97 Å². The van der Waals surface area contributed by atoms with Gasteiger partial charge in [-0.3, -0.25) is 4.79 Å². The van der Waals surface area contributed by atoms with E-state index in [2.05, 4.69) is 15.3 Å². The summed E-state index contributed by atoms with van der Waals surface area (Å²) in [6.07, 6.45) is 5.61. The third-order valence-electron chi connectivity index (χ3n) is 4.84. The SMILES string of the molecule is COc1ccc(C(=O)NCC2Cc3cccc(-c4cncnc4)c3O2)cc1OC. The van der Waals surface area contributed by atoms with Crippen LogP contribution in [0.25, 0.3) is 11.1 Å². The maximum atomic E-state index is 12.6. The number of hydrogen-bond donors (Lipinski definition) is 1. The molecule has 1 atom stereocenters. The average Bonchev–Trinajstić information content (AvgIpc) is 3.20. The molecule has 3 aromatic rings. The molecule has 1 aromatic heterocycles. The lowest BCUT2D eigenvalue weighted by Crippen LogP contribution is -2.34. The van der Waals surface area contributed by atoms with Crippen LogP contribution in [0, 0.1) is 0 Å². The summed E-state index contributed by atoms with van der Waals surface area (Å²) >= 11 is 0. The van der Waals surface area contributed by atoms with Gasteiger partial charge in [-0.05, 0) is 23.8 Å². The van der Waals surface area contributed by atoms with Crippen LogP contribution < -0.4 is 19.5 Å². The highest BCUT2D eigenvalue weighted by atomic mass is 16.5. The van der Waals surface area contributed by atoms with E-state index >= 15 is 0 Å². The average molecular weight is 391 g/mol. The van der Waals surface area contributed by atoms with Crippen molar-refractivity contribution in [2.45, 2.75) is 12.5 Å². The van der Waals surface area contributed by atoms with Crippen LogP contribution in [-0.2, 0) is 6.42 Å². The van der Waals surface area contributed by atoms with E-state index < -0.39 is 0 Å².